The van der Waals surface area contributed by atoms with Gasteiger partial charge in [0.1, 0.15) is 5.82 Å². The molecular weight excluding hydrogens is 350 g/mol. The molecule has 1 fully saturated rings. The van der Waals surface area contributed by atoms with Crippen LogP contribution < -0.4 is 11.1 Å². The number of hydrogen-bond acceptors (Lipinski definition) is 2. The first-order valence-corrected chi connectivity index (χ1v) is 8.50. The van der Waals surface area contributed by atoms with E-state index in [1.807, 2.05) is 0 Å². The van der Waals surface area contributed by atoms with Gasteiger partial charge in [-0.3, -0.25) is 4.79 Å². The van der Waals surface area contributed by atoms with Crippen LogP contribution in [-0.2, 0) is 10.2 Å². The van der Waals surface area contributed by atoms with Crippen LogP contribution in [0.25, 0.3) is 0 Å². The van der Waals surface area contributed by atoms with Crippen LogP contribution in [0.3, 0.4) is 0 Å². The van der Waals surface area contributed by atoms with Gasteiger partial charge in [-0.25, -0.2) is 4.39 Å². The Morgan fingerprint density at radius 2 is 1.62 bits per heavy atom. The second kappa shape index (κ2) is 6.61. The van der Waals surface area contributed by atoms with Crippen LogP contribution in [0.4, 0.5) is 15.8 Å². The fourth-order valence-electron chi connectivity index (χ4n) is 3.30. The van der Waals surface area contributed by atoms with Crippen molar-refractivity contribution in [1.82, 2.24) is 0 Å². The lowest BCUT2D eigenvalue weighted by Gasteiger charge is -2.28. The zero-order valence-electron chi connectivity index (χ0n) is 12.9. The lowest BCUT2D eigenvalue weighted by molar-refractivity contribution is -0.121. The third kappa shape index (κ3) is 3.08. The Kier molecular flexibility index (Phi) is 4.70. The van der Waals surface area contributed by atoms with Crippen LogP contribution in [0.1, 0.15) is 31.2 Å². The van der Waals surface area contributed by atoms with Crippen molar-refractivity contribution < 1.29 is 9.18 Å². The number of halogens is 3. The van der Waals surface area contributed by atoms with Crippen LogP contribution in [0.15, 0.2) is 36.4 Å². The van der Waals surface area contributed by atoms with E-state index < -0.39 is 5.41 Å². The monoisotopic (exact) mass is 366 g/mol. The number of carbonyl (C=O) groups is 1. The minimum atomic E-state index is -0.659. The molecule has 2 aromatic rings. The van der Waals surface area contributed by atoms with Crippen LogP contribution >= 0.6 is 23.2 Å². The van der Waals surface area contributed by atoms with Gasteiger partial charge in [-0.15, -0.1) is 0 Å². The van der Waals surface area contributed by atoms with E-state index in [2.05, 4.69) is 5.32 Å². The molecule has 2 aromatic carbocycles. The van der Waals surface area contributed by atoms with Gasteiger partial charge in [0.25, 0.3) is 0 Å². The fourth-order valence-corrected chi connectivity index (χ4v) is 3.79. The molecular formula is C18H17Cl2FN2O. The van der Waals surface area contributed by atoms with Crippen molar-refractivity contribution >= 4 is 40.5 Å². The molecule has 3 rings (SSSR count). The summed E-state index contributed by atoms with van der Waals surface area (Å²) in [6.07, 6.45) is 3.35. The lowest BCUT2D eigenvalue weighted by Crippen LogP contribution is -2.38. The van der Waals surface area contributed by atoms with Crippen LogP contribution in [0.2, 0.25) is 10.0 Å². The normalized spacial score (nSPS) is 16.1. The Labute approximate surface area is 149 Å². The largest absolute Gasteiger partial charge is 0.396 e. The van der Waals surface area contributed by atoms with Crippen molar-refractivity contribution in [2.45, 2.75) is 31.1 Å². The second-order valence-corrected chi connectivity index (χ2v) is 6.92. The Bertz CT molecular complexity index is 748. The number of hydrogen-bond donors (Lipinski definition) is 2. The highest BCUT2D eigenvalue weighted by Gasteiger charge is 2.42. The summed E-state index contributed by atoms with van der Waals surface area (Å²) < 4.78 is 13.2. The van der Waals surface area contributed by atoms with Gasteiger partial charge in [0.05, 0.1) is 21.1 Å². The van der Waals surface area contributed by atoms with E-state index in [4.69, 9.17) is 28.9 Å². The van der Waals surface area contributed by atoms with Crippen molar-refractivity contribution in [2.24, 2.45) is 0 Å². The third-order valence-corrected chi connectivity index (χ3v) is 5.25. The van der Waals surface area contributed by atoms with Gasteiger partial charge < -0.3 is 11.1 Å². The van der Waals surface area contributed by atoms with Crippen LogP contribution in [0.5, 0.6) is 0 Å². The van der Waals surface area contributed by atoms with E-state index in [0.29, 0.717) is 15.7 Å². The lowest BCUT2D eigenvalue weighted by atomic mass is 9.78. The molecule has 1 aliphatic carbocycles. The van der Waals surface area contributed by atoms with E-state index in [0.717, 1.165) is 31.2 Å². The number of rotatable bonds is 3. The summed E-state index contributed by atoms with van der Waals surface area (Å²) in [7, 11) is 0. The highest BCUT2D eigenvalue weighted by molar-refractivity contribution is 6.39. The Balaban J connectivity index is 1.92. The first kappa shape index (κ1) is 17.1. The van der Waals surface area contributed by atoms with Gasteiger partial charge in [-0.2, -0.15) is 0 Å². The molecule has 1 amide bonds. The summed E-state index contributed by atoms with van der Waals surface area (Å²) in [6.45, 7) is 0. The van der Waals surface area contributed by atoms with Crippen molar-refractivity contribution in [1.29, 1.82) is 0 Å². The van der Waals surface area contributed by atoms with E-state index >= 15 is 0 Å². The highest BCUT2D eigenvalue weighted by Crippen LogP contribution is 2.42. The summed E-state index contributed by atoms with van der Waals surface area (Å²) in [4.78, 5) is 13.0. The quantitative estimate of drug-likeness (QED) is 0.736. The Morgan fingerprint density at radius 1 is 1.08 bits per heavy atom. The predicted octanol–water partition coefficient (Wildman–Crippen LogP) is 5.17. The van der Waals surface area contributed by atoms with Crippen molar-refractivity contribution in [2.75, 3.05) is 11.1 Å². The number of nitrogens with one attached hydrogen (secondary N) is 1. The minimum absolute atomic E-state index is 0.136. The first-order chi connectivity index (χ1) is 11.4. The van der Waals surface area contributed by atoms with Gasteiger partial charge in [0, 0.05) is 5.69 Å². The molecule has 6 heteroatoms. The summed E-state index contributed by atoms with van der Waals surface area (Å²) in [6, 6.07) is 9.30. The molecule has 1 aliphatic rings. The topological polar surface area (TPSA) is 55.1 Å². The first-order valence-electron chi connectivity index (χ1n) is 7.74. The van der Waals surface area contributed by atoms with Crippen molar-refractivity contribution in [3.63, 3.8) is 0 Å². The zero-order valence-corrected chi connectivity index (χ0v) is 14.4. The van der Waals surface area contributed by atoms with E-state index in [1.54, 1.807) is 24.3 Å². The molecule has 0 saturated heterocycles. The standard InChI is InChI=1S/C18H17Cl2FN2O/c19-14-9-13(10-15(20)16(14)22)23-17(24)18(7-1-2-8-18)11-3-5-12(21)6-4-11/h3-6,9-10H,1-2,7-8,22H2,(H,23,24). The van der Waals surface area contributed by atoms with Gasteiger partial charge in [-0.05, 0) is 42.7 Å². The Morgan fingerprint density at radius 3 is 2.17 bits per heavy atom. The van der Waals surface area contributed by atoms with E-state index in [1.165, 1.54) is 12.1 Å². The van der Waals surface area contributed by atoms with Crippen molar-refractivity contribution in [3.8, 4) is 0 Å². The molecule has 0 radical (unpaired) electrons. The molecule has 0 spiro atoms. The maximum absolute atomic E-state index is 13.2. The maximum Gasteiger partial charge on any atom is 0.235 e. The maximum atomic E-state index is 13.2. The molecule has 0 aliphatic heterocycles. The zero-order chi connectivity index (χ0) is 17.3. The smallest absolute Gasteiger partial charge is 0.235 e. The number of nitrogens with two attached hydrogens (primary N) is 1. The predicted molar refractivity (Wildman–Crippen MR) is 96.1 cm³/mol. The van der Waals surface area contributed by atoms with Gasteiger partial charge in [0.2, 0.25) is 5.91 Å². The molecule has 1 saturated carbocycles. The molecule has 0 atom stereocenters. The Hall–Kier alpha value is -1.78. The number of nitrogen functional groups attached to an aromatic ring is 1. The molecule has 3 N–H and O–H groups in total. The van der Waals surface area contributed by atoms with Gasteiger partial charge >= 0.3 is 0 Å². The summed E-state index contributed by atoms with van der Waals surface area (Å²) in [5.74, 6) is -0.451. The molecule has 3 nitrogen and oxygen atoms in total. The van der Waals surface area contributed by atoms with Gasteiger partial charge in [-0.1, -0.05) is 48.2 Å². The van der Waals surface area contributed by atoms with Crippen molar-refractivity contribution in [3.05, 3.63) is 57.8 Å². The fraction of sp³-hybridized carbons (Fsp3) is 0.278. The SMILES string of the molecule is Nc1c(Cl)cc(NC(=O)C2(c3ccc(F)cc3)CCCC2)cc1Cl. The second-order valence-electron chi connectivity index (χ2n) is 6.10. The van der Waals surface area contributed by atoms with E-state index in [-0.39, 0.29) is 17.4 Å². The van der Waals surface area contributed by atoms with Crippen LogP contribution in [-0.4, -0.2) is 5.91 Å². The number of benzene rings is 2. The molecule has 0 unspecified atom stereocenters. The number of amides is 1. The average Bonchev–Trinajstić information content (AvgIpc) is 3.04. The average molecular weight is 367 g/mol. The highest BCUT2D eigenvalue weighted by atomic mass is 35.5. The molecule has 0 bridgehead atoms. The summed E-state index contributed by atoms with van der Waals surface area (Å²) in [5, 5.41) is 3.47. The summed E-state index contributed by atoms with van der Waals surface area (Å²) in [5.41, 5.74) is 6.67. The molecule has 24 heavy (non-hydrogen) atoms. The number of carbonyl (C=O) groups excluding carboxylic acids is 1. The third-order valence-electron chi connectivity index (χ3n) is 4.63. The van der Waals surface area contributed by atoms with E-state index in [9.17, 15) is 9.18 Å². The van der Waals surface area contributed by atoms with Gasteiger partial charge in [0.15, 0.2) is 0 Å². The molecule has 0 heterocycles. The molecule has 0 aromatic heterocycles. The summed E-state index contributed by atoms with van der Waals surface area (Å²) >= 11 is 12.1. The van der Waals surface area contributed by atoms with Crippen LogP contribution in [0, 0.1) is 5.82 Å². The minimum Gasteiger partial charge on any atom is -0.396 e. The number of anilines is 2. The molecule has 126 valence electrons.